The molecule has 2 aromatic rings. The molecule has 2 nitrogen and oxygen atoms in total. The molecule has 0 spiro atoms. The van der Waals surface area contributed by atoms with Crippen LogP contribution in [0.4, 0.5) is 5.82 Å². The van der Waals surface area contributed by atoms with Crippen molar-refractivity contribution in [3.05, 3.63) is 23.7 Å². The Hall–Kier alpha value is -0.610. The zero-order valence-corrected chi connectivity index (χ0v) is 11.2. The van der Waals surface area contributed by atoms with Crippen LogP contribution >= 0.6 is 27.3 Å². The fourth-order valence-electron chi connectivity index (χ4n) is 1.47. The second-order valence-electron chi connectivity index (χ2n) is 3.58. The van der Waals surface area contributed by atoms with E-state index in [1.165, 1.54) is 10.1 Å². The fourth-order valence-corrected chi connectivity index (χ4v) is 2.68. The van der Waals surface area contributed by atoms with Crippen molar-refractivity contribution in [1.29, 1.82) is 0 Å². The number of hydrogen-bond acceptors (Lipinski definition) is 3. The van der Waals surface area contributed by atoms with Gasteiger partial charge in [0.1, 0.15) is 5.82 Å². The number of pyridine rings is 1. The SMILES string of the molecule is CC(CBr)N(C)c1nccc2sccc12. The Labute approximate surface area is 102 Å². The van der Waals surface area contributed by atoms with E-state index in [1.54, 1.807) is 11.3 Å². The van der Waals surface area contributed by atoms with E-state index >= 15 is 0 Å². The molecule has 0 radical (unpaired) electrons. The number of hydrogen-bond donors (Lipinski definition) is 0. The van der Waals surface area contributed by atoms with E-state index < -0.39 is 0 Å². The maximum absolute atomic E-state index is 4.46. The third kappa shape index (κ3) is 2.01. The van der Waals surface area contributed by atoms with Crippen molar-refractivity contribution in [3.8, 4) is 0 Å². The lowest BCUT2D eigenvalue weighted by Gasteiger charge is -2.24. The highest BCUT2D eigenvalue weighted by molar-refractivity contribution is 9.09. The number of anilines is 1. The lowest BCUT2D eigenvalue weighted by molar-refractivity contribution is 0.761. The number of halogens is 1. The number of alkyl halides is 1. The van der Waals surface area contributed by atoms with Crippen molar-refractivity contribution in [3.63, 3.8) is 0 Å². The third-order valence-corrected chi connectivity index (χ3v) is 4.40. The third-order valence-electron chi connectivity index (χ3n) is 2.58. The van der Waals surface area contributed by atoms with Crippen LogP contribution in [0.15, 0.2) is 23.7 Å². The van der Waals surface area contributed by atoms with E-state index in [0.717, 1.165) is 11.1 Å². The molecular formula is C11H13BrN2S. The Bertz CT molecular complexity index is 455. The van der Waals surface area contributed by atoms with E-state index in [9.17, 15) is 0 Å². The summed E-state index contributed by atoms with van der Waals surface area (Å²) in [7, 11) is 2.09. The molecule has 2 heterocycles. The maximum atomic E-state index is 4.46. The van der Waals surface area contributed by atoms with Crippen molar-refractivity contribution in [2.45, 2.75) is 13.0 Å². The normalized spacial score (nSPS) is 13.0. The Morgan fingerprint density at radius 1 is 1.53 bits per heavy atom. The first kappa shape index (κ1) is 10.9. The van der Waals surface area contributed by atoms with Crippen LogP contribution in [0.1, 0.15) is 6.92 Å². The minimum Gasteiger partial charge on any atom is -0.356 e. The minimum atomic E-state index is 0.447. The van der Waals surface area contributed by atoms with Gasteiger partial charge in [-0.15, -0.1) is 11.3 Å². The molecule has 0 bridgehead atoms. The quantitative estimate of drug-likeness (QED) is 0.802. The summed E-state index contributed by atoms with van der Waals surface area (Å²) < 4.78 is 1.30. The van der Waals surface area contributed by atoms with Gasteiger partial charge in [-0.2, -0.15) is 0 Å². The molecule has 1 atom stereocenters. The van der Waals surface area contributed by atoms with Crippen LogP contribution in [0, 0.1) is 0 Å². The summed E-state index contributed by atoms with van der Waals surface area (Å²) in [5, 5.41) is 4.31. The summed E-state index contributed by atoms with van der Waals surface area (Å²) in [6, 6.07) is 4.65. The van der Waals surface area contributed by atoms with Crippen LogP contribution in [0.5, 0.6) is 0 Å². The molecule has 0 saturated carbocycles. The molecule has 1 unspecified atom stereocenters. The number of aromatic nitrogens is 1. The van der Waals surface area contributed by atoms with Gasteiger partial charge in [0.25, 0.3) is 0 Å². The highest BCUT2D eigenvalue weighted by Gasteiger charge is 2.12. The summed E-state index contributed by atoms with van der Waals surface area (Å²) in [6.45, 7) is 2.18. The van der Waals surface area contributed by atoms with Gasteiger partial charge in [0.2, 0.25) is 0 Å². The van der Waals surface area contributed by atoms with Gasteiger partial charge in [-0.3, -0.25) is 0 Å². The predicted molar refractivity (Wildman–Crippen MR) is 71.3 cm³/mol. The van der Waals surface area contributed by atoms with Crippen LogP contribution in [0.2, 0.25) is 0 Å². The molecular weight excluding hydrogens is 272 g/mol. The average Bonchev–Trinajstić information content (AvgIpc) is 2.74. The van der Waals surface area contributed by atoms with Gasteiger partial charge in [-0.05, 0) is 24.4 Å². The number of fused-ring (bicyclic) bond motifs is 1. The molecule has 2 aromatic heterocycles. The van der Waals surface area contributed by atoms with E-state index in [1.807, 2.05) is 6.20 Å². The second-order valence-corrected chi connectivity index (χ2v) is 5.18. The Morgan fingerprint density at radius 3 is 3.07 bits per heavy atom. The summed E-state index contributed by atoms with van der Waals surface area (Å²) in [5.74, 6) is 1.07. The molecule has 0 N–H and O–H groups in total. The Balaban J connectivity index is 2.46. The second kappa shape index (κ2) is 4.49. The van der Waals surface area contributed by atoms with Gasteiger partial charge < -0.3 is 4.90 Å². The molecule has 0 aromatic carbocycles. The van der Waals surface area contributed by atoms with Gasteiger partial charge in [0, 0.05) is 34.7 Å². The van der Waals surface area contributed by atoms with E-state index in [-0.39, 0.29) is 0 Å². The standard InChI is InChI=1S/C11H13BrN2S/c1-8(7-12)14(2)11-9-4-6-15-10(9)3-5-13-11/h3-6,8H,7H2,1-2H3. The van der Waals surface area contributed by atoms with Gasteiger partial charge in [-0.25, -0.2) is 4.98 Å². The zero-order valence-electron chi connectivity index (χ0n) is 8.77. The van der Waals surface area contributed by atoms with E-state index in [0.29, 0.717) is 6.04 Å². The molecule has 0 aliphatic rings. The number of nitrogens with zero attached hydrogens (tertiary/aromatic N) is 2. The number of thiophene rings is 1. The van der Waals surface area contributed by atoms with Crippen molar-refractivity contribution in [2.75, 3.05) is 17.3 Å². The van der Waals surface area contributed by atoms with Crippen molar-refractivity contribution in [2.24, 2.45) is 0 Å². The predicted octanol–water partition coefficient (Wildman–Crippen LogP) is 3.52. The molecule has 0 aliphatic carbocycles. The van der Waals surface area contributed by atoms with Crippen molar-refractivity contribution < 1.29 is 0 Å². The topological polar surface area (TPSA) is 16.1 Å². The van der Waals surface area contributed by atoms with E-state index in [2.05, 4.69) is 57.3 Å². The van der Waals surface area contributed by atoms with Crippen LogP contribution < -0.4 is 4.90 Å². The van der Waals surface area contributed by atoms with Gasteiger partial charge in [-0.1, -0.05) is 15.9 Å². The molecule has 80 valence electrons. The lowest BCUT2D eigenvalue weighted by atomic mass is 10.2. The minimum absolute atomic E-state index is 0.447. The Kier molecular flexibility index (Phi) is 3.26. The first-order chi connectivity index (χ1) is 7.24. The van der Waals surface area contributed by atoms with Gasteiger partial charge in [0.15, 0.2) is 0 Å². The largest absolute Gasteiger partial charge is 0.356 e. The van der Waals surface area contributed by atoms with Crippen LogP contribution in [0.25, 0.3) is 10.1 Å². The lowest BCUT2D eigenvalue weighted by Crippen LogP contribution is -2.30. The van der Waals surface area contributed by atoms with Crippen molar-refractivity contribution >= 4 is 43.2 Å². The molecule has 2 rings (SSSR count). The highest BCUT2D eigenvalue weighted by Crippen LogP contribution is 2.28. The Morgan fingerprint density at radius 2 is 2.33 bits per heavy atom. The average molecular weight is 285 g/mol. The first-order valence-corrected chi connectivity index (χ1v) is 6.85. The first-order valence-electron chi connectivity index (χ1n) is 4.85. The molecule has 0 amide bonds. The van der Waals surface area contributed by atoms with Crippen molar-refractivity contribution in [1.82, 2.24) is 4.98 Å². The molecule has 0 aliphatic heterocycles. The smallest absolute Gasteiger partial charge is 0.137 e. The van der Waals surface area contributed by atoms with Crippen LogP contribution in [-0.4, -0.2) is 23.4 Å². The molecule has 0 saturated heterocycles. The monoisotopic (exact) mass is 284 g/mol. The zero-order chi connectivity index (χ0) is 10.8. The summed E-state index contributed by atoms with van der Waals surface area (Å²) in [6.07, 6.45) is 1.88. The molecule has 4 heteroatoms. The molecule has 15 heavy (non-hydrogen) atoms. The summed E-state index contributed by atoms with van der Waals surface area (Å²) >= 11 is 5.26. The van der Waals surface area contributed by atoms with Crippen LogP contribution in [-0.2, 0) is 0 Å². The number of rotatable bonds is 3. The van der Waals surface area contributed by atoms with Crippen LogP contribution in [0.3, 0.4) is 0 Å². The van der Waals surface area contributed by atoms with Gasteiger partial charge in [0.05, 0.1) is 0 Å². The maximum Gasteiger partial charge on any atom is 0.137 e. The summed E-state index contributed by atoms with van der Waals surface area (Å²) in [5.41, 5.74) is 0. The summed E-state index contributed by atoms with van der Waals surface area (Å²) in [4.78, 5) is 6.67. The molecule has 0 fully saturated rings. The van der Waals surface area contributed by atoms with E-state index in [4.69, 9.17) is 0 Å². The fraction of sp³-hybridized carbons (Fsp3) is 0.364. The highest BCUT2D eigenvalue weighted by atomic mass is 79.9. The van der Waals surface area contributed by atoms with Gasteiger partial charge >= 0.3 is 0 Å².